The Labute approximate surface area is 205 Å². The minimum absolute atomic E-state index is 0.0252. The van der Waals surface area contributed by atoms with Gasteiger partial charge in [-0.1, -0.05) is 68.8 Å². The Kier molecular flexibility index (Phi) is 6.26. The minimum atomic E-state index is -0.774. The Hall–Kier alpha value is -3.35. The zero-order valence-corrected chi connectivity index (χ0v) is 20.1. The van der Waals surface area contributed by atoms with Crippen LogP contribution in [0.5, 0.6) is 0 Å². The van der Waals surface area contributed by atoms with Crippen molar-refractivity contribution in [3.8, 4) is 11.1 Å². The first-order chi connectivity index (χ1) is 16.9. The molecule has 0 spiro atoms. The molecule has 2 aliphatic carbocycles. The first-order valence-corrected chi connectivity index (χ1v) is 12.5. The number of likely N-dealkylation sites (tertiary alicyclic amines) is 1. The fourth-order valence-electron chi connectivity index (χ4n) is 5.95. The monoisotopic (exact) mass is 476 g/mol. The molecule has 2 N–H and O–H groups in total. The summed E-state index contributed by atoms with van der Waals surface area (Å²) in [6.07, 6.45) is 0.818. The van der Waals surface area contributed by atoms with Gasteiger partial charge in [0.25, 0.3) is 0 Å². The molecule has 0 radical (unpaired) electrons. The molecule has 2 fully saturated rings. The van der Waals surface area contributed by atoms with Gasteiger partial charge in [-0.25, -0.2) is 4.79 Å². The first kappa shape index (κ1) is 23.4. The predicted octanol–water partition coefficient (Wildman–Crippen LogP) is 4.12. The number of carboxylic acid groups (broad SMARTS) is 1. The highest BCUT2D eigenvalue weighted by atomic mass is 16.5. The third-order valence-electron chi connectivity index (χ3n) is 8.19. The second-order valence-corrected chi connectivity index (χ2v) is 10.1. The largest absolute Gasteiger partial charge is 0.481 e. The quantitative estimate of drug-likeness (QED) is 0.627. The lowest BCUT2D eigenvalue weighted by Gasteiger charge is -2.32. The first-order valence-electron chi connectivity index (χ1n) is 12.5. The Morgan fingerprint density at radius 3 is 2.29 bits per heavy atom. The fraction of sp³-hybridized carbons (Fsp3) is 0.464. The number of carboxylic acids is 1. The molecule has 3 unspecified atom stereocenters. The van der Waals surface area contributed by atoms with Crippen molar-refractivity contribution in [1.82, 2.24) is 10.2 Å². The van der Waals surface area contributed by atoms with Gasteiger partial charge in [0, 0.05) is 19.0 Å². The Morgan fingerprint density at radius 1 is 1.06 bits per heavy atom. The van der Waals surface area contributed by atoms with Gasteiger partial charge < -0.3 is 20.1 Å². The van der Waals surface area contributed by atoms with E-state index in [0.29, 0.717) is 19.5 Å². The van der Waals surface area contributed by atoms with Gasteiger partial charge in [0.1, 0.15) is 12.6 Å². The van der Waals surface area contributed by atoms with Gasteiger partial charge in [0.2, 0.25) is 5.91 Å². The van der Waals surface area contributed by atoms with Crippen molar-refractivity contribution < 1.29 is 24.2 Å². The zero-order chi connectivity index (χ0) is 24.7. The topological polar surface area (TPSA) is 95.9 Å². The van der Waals surface area contributed by atoms with Crippen LogP contribution >= 0.6 is 0 Å². The number of carbonyl (C=O) groups excluding carboxylic acids is 2. The molecule has 1 aliphatic heterocycles. The molecule has 2 aromatic carbocycles. The second-order valence-electron chi connectivity index (χ2n) is 10.1. The number of piperidine rings is 1. The molecule has 1 heterocycles. The molecule has 35 heavy (non-hydrogen) atoms. The standard InChI is InChI=1S/C28H32N2O5/c1-3-16(2)25(26(31)30-13-12-21-22(14-30)24(21)27(32)33)29-28(34)35-15-23-19-10-6-4-8-17(19)18-9-5-7-11-20(18)23/h4-11,16,21-25H,3,12-15H2,1-2H3,(H,29,34)(H,32,33)/t16-,21?,22?,24?,25-/m0/s1. The number of aliphatic carboxylic acids is 1. The highest BCUT2D eigenvalue weighted by Gasteiger charge is 2.57. The van der Waals surface area contributed by atoms with Crippen LogP contribution in [-0.2, 0) is 14.3 Å². The maximum atomic E-state index is 13.4. The lowest BCUT2D eigenvalue weighted by Crippen LogP contribution is -2.53. The molecule has 1 saturated heterocycles. The van der Waals surface area contributed by atoms with E-state index in [-0.39, 0.29) is 42.1 Å². The van der Waals surface area contributed by atoms with Crippen LogP contribution in [0.4, 0.5) is 4.79 Å². The van der Waals surface area contributed by atoms with E-state index >= 15 is 0 Å². The summed E-state index contributed by atoms with van der Waals surface area (Å²) in [4.78, 5) is 39.4. The molecule has 184 valence electrons. The summed E-state index contributed by atoms with van der Waals surface area (Å²) >= 11 is 0. The van der Waals surface area contributed by atoms with Gasteiger partial charge >= 0.3 is 12.1 Å². The number of carbonyl (C=O) groups is 3. The average Bonchev–Trinajstić information content (AvgIpc) is 3.52. The van der Waals surface area contributed by atoms with Crippen molar-refractivity contribution in [2.24, 2.45) is 23.7 Å². The van der Waals surface area contributed by atoms with Crippen LogP contribution in [0.2, 0.25) is 0 Å². The third-order valence-corrected chi connectivity index (χ3v) is 8.19. The van der Waals surface area contributed by atoms with Crippen LogP contribution in [-0.4, -0.2) is 53.7 Å². The van der Waals surface area contributed by atoms with Crippen molar-refractivity contribution in [2.45, 2.75) is 38.6 Å². The van der Waals surface area contributed by atoms with Crippen LogP contribution in [0.3, 0.4) is 0 Å². The maximum Gasteiger partial charge on any atom is 0.407 e. The van der Waals surface area contributed by atoms with Crippen molar-refractivity contribution >= 4 is 18.0 Å². The number of benzene rings is 2. The van der Waals surface area contributed by atoms with Gasteiger partial charge in [0.15, 0.2) is 0 Å². The van der Waals surface area contributed by atoms with Gasteiger partial charge in [-0.2, -0.15) is 0 Å². The number of hydrogen-bond donors (Lipinski definition) is 2. The van der Waals surface area contributed by atoms with Crippen LogP contribution in [0, 0.1) is 23.7 Å². The summed E-state index contributed by atoms with van der Waals surface area (Å²) in [7, 11) is 0. The smallest absolute Gasteiger partial charge is 0.407 e. The number of ether oxygens (including phenoxy) is 1. The summed E-state index contributed by atoms with van der Waals surface area (Å²) in [6, 6.07) is 15.6. The molecule has 7 heteroatoms. The molecular formula is C28H32N2O5. The van der Waals surface area contributed by atoms with E-state index in [1.807, 2.05) is 38.1 Å². The van der Waals surface area contributed by atoms with E-state index in [0.717, 1.165) is 28.7 Å². The number of amides is 2. The summed E-state index contributed by atoms with van der Waals surface area (Å²) < 4.78 is 5.68. The van der Waals surface area contributed by atoms with Crippen molar-refractivity contribution in [3.05, 3.63) is 59.7 Å². The van der Waals surface area contributed by atoms with E-state index in [4.69, 9.17) is 4.74 Å². The van der Waals surface area contributed by atoms with Gasteiger partial charge in [0.05, 0.1) is 5.92 Å². The molecule has 2 aromatic rings. The average molecular weight is 477 g/mol. The molecule has 0 aromatic heterocycles. The molecule has 1 saturated carbocycles. The summed E-state index contributed by atoms with van der Waals surface area (Å²) in [5.41, 5.74) is 4.59. The predicted molar refractivity (Wildman–Crippen MR) is 131 cm³/mol. The SMILES string of the molecule is CC[C@H](C)[C@H](NC(=O)OCC1c2ccccc2-c2ccccc21)C(=O)N1CCC2C(C1)C2C(=O)O. The molecule has 7 nitrogen and oxygen atoms in total. The summed E-state index contributed by atoms with van der Waals surface area (Å²) in [6.45, 7) is 5.09. The lowest BCUT2D eigenvalue weighted by atomic mass is 9.97. The molecule has 2 amide bonds. The Bertz CT molecular complexity index is 1100. The Morgan fingerprint density at radius 2 is 1.69 bits per heavy atom. The van der Waals surface area contributed by atoms with Crippen LogP contribution in [0.1, 0.15) is 43.7 Å². The van der Waals surface area contributed by atoms with Crippen LogP contribution < -0.4 is 5.32 Å². The number of hydrogen-bond acceptors (Lipinski definition) is 4. The number of nitrogens with one attached hydrogen (secondary N) is 1. The highest BCUT2D eigenvalue weighted by molar-refractivity contribution is 5.86. The van der Waals surface area contributed by atoms with Crippen LogP contribution in [0.15, 0.2) is 48.5 Å². The number of fused-ring (bicyclic) bond motifs is 4. The molecule has 5 atom stereocenters. The van der Waals surface area contributed by atoms with E-state index in [2.05, 4.69) is 29.6 Å². The molecule has 3 aliphatic rings. The number of nitrogens with zero attached hydrogens (tertiary/aromatic N) is 1. The minimum Gasteiger partial charge on any atom is -0.481 e. The lowest BCUT2D eigenvalue weighted by molar-refractivity contribution is -0.139. The molecule has 5 rings (SSSR count). The highest BCUT2D eigenvalue weighted by Crippen LogP contribution is 2.51. The number of alkyl carbamates (subject to hydrolysis) is 1. The van der Waals surface area contributed by atoms with E-state index in [1.165, 1.54) is 0 Å². The van der Waals surface area contributed by atoms with Crippen molar-refractivity contribution in [3.63, 3.8) is 0 Å². The molecular weight excluding hydrogens is 444 g/mol. The van der Waals surface area contributed by atoms with Gasteiger partial charge in [-0.3, -0.25) is 9.59 Å². The van der Waals surface area contributed by atoms with E-state index < -0.39 is 18.1 Å². The maximum absolute atomic E-state index is 13.4. The van der Waals surface area contributed by atoms with Crippen molar-refractivity contribution in [2.75, 3.05) is 19.7 Å². The second kappa shape index (κ2) is 9.36. The summed E-state index contributed by atoms with van der Waals surface area (Å²) in [5, 5.41) is 12.2. The summed E-state index contributed by atoms with van der Waals surface area (Å²) in [5.74, 6) is -1.19. The fourth-order valence-corrected chi connectivity index (χ4v) is 5.95. The van der Waals surface area contributed by atoms with Crippen molar-refractivity contribution in [1.29, 1.82) is 0 Å². The van der Waals surface area contributed by atoms with Crippen LogP contribution in [0.25, 0.3) is 11.1 Å². The normalized spacial score (nSPS) is 23.9. The number of rotatable bonds is 7. The van der Waals surface area contributed by atoms with Gasteiger partial charge in [-0.15, -0.1) is 0 Å². The van der Waals surface area contributed by atoms with Gasteiger partial charge in [-0.05, 0) is 46.4 Å². The molecule has 0 bridgehead atoms. The third kappa shape index (κ3) is 4.28. The zero-order valence-electron chi connectivity index (χ0n) is 20.1. The van der Waals surface area contributed by atoms with E-state index in [9.17, 15) is 19.5 Å². The van der Waals surface area contributed by atoms with E-state index in [1.54, 1.807) is 4.90 Å². The Balaban J connectivity index is 1.24.